The maximum atomic E-state index is 5.77. The summed E-state index contributed by atoms with van der Waals surface area (Å²) in [5.74, 6) is 0. The first-order valence-electron chi connectivity index (χ1n) is 5.39. The van der Waals surface area contributed by atoms with Crippen molar-refractivity contribution >= 4 is 0 Å². The van der Waals surface area contributed by atoms with E-state index < -0.39 is 0 Å². The van der Waals surface area contributed by atoms with Crippen molar-refractivity contribution in [2.45, 2.75) is 44.2 Å². The van der Waals surface area contributed by atoms with Gasteiger partial charge in [0.1, 0.15) is 0 Å². The summed E-state index contributed by atoms with van der Waals surface area (Å²) in [6.07, 6.45) is 6.59. The molecule has 0 spiro atoms. The summed E-state index contributed by atoms with van der Waals surface area (Å²) in [6.45, 7) is 5.47. The van der Waals surface area contributed by atoms with Gasteiger partial charge < -0.3 is 14.2 Å². The highest BCUT2D eigenvalue weighted by atomic mass is 16.7. The molecule has 0 aliphatic carbocycles. The molecule has 0 aromatic carbocycles. The SMILES string of the molecule is C=C[C@H](C[C@H]1CO1)OC1CCCCO1. The number of ether oxygens (including phenoxy) is 3. The van der Waals surface area contributed by atoms with E-state index in [1.54, 1.807) is 0 Å². The molecule has 80 valence electrons. The molecular formula is C11H18O3. The molecule has 0 amide bonds. The molecule has 3 atom stereocenters. The van der Waals surface area contributed by atoms with Crippen molar-refractivity contribution in [3.8, 4) is 0 Å². The van der Waals surface area contributed by atoms with Crippen molar-refractivity contribution < 1.29 is 14.2 Å². The first-order chi connectivity index (χ1) is 6.88. The monoisotopic (exact) mass is 198 g/mol. The fourth-order valence-corrected chi connectivity index (χ4v) is 1.68. The van der Waals surface area contributed by atoms with E-state index in [0.29, 0.717) is 6.10 Å². The van der Waals surface area contributed by atoms with Crippen LogP contribution in [-0.4, -0.2) is 31.7 Å². The molecule has 14 heavy (non-hydrogen) atoms. The second kappa shape index (κ2) is 4.91. The van der Waals surface area contributed by atoms with Gasteiger partial charge in [-0.25, -0.2) is 0 Å². The molecule has 2 heterocycles. The van der Waals surface area contributed by atoms with Crippen LogP contribution in [0.15, 0.2) is 12.7 Å². The van der Waals surface area contributed by atoms with E-state index in [1.807, 2.05) is 6.08 Å². The highest BCUT2D eigenvalue weighted by molar-refractivity contribution is 4.86. The van der Waals surface area contributed by atoms with Gasteiger partial charge in [0, 0.05) is 13.0 Å². The van der Waals surface area contributed by atoms with E-state index in [1.165, 1.54) is 6.42 Å². The lowest BCUT2D eigenvalue weighted by Gasteiger charge is -2.26. The summed E-state index contributed by atoms with van der Waals surface area (Å²) < 4.78 is 16.4. The number of epoxide rings is 1. The maximum absolute atomic E-state index is 5.77. The predicted molar refractivity (Wildman–Crippen MR) is 53.0 cm³/mol. The van der Waals surface area contributed by atoms with E-state index in [2.05, 4.69) is 6.58 Å². The fourth-order valence-electron chi connectivity index (χ4n) is 1.68. The quantitative estimate of drug-likeness (QED) is 0.499. The summed E-state index contributed by atoms with van der Waals surface area (Å²) >= 11 is 0. The van der Waals surface area contributed by atoms with Crippen LogP contribution >= 0.6 is 0 Å². The van der Waals surface area contributed by atoms with Crippen molar-refractivity contribution in [1.29, 1.82) is 0 Å². The third-order valence-electron chi connectivity index (χ3n) is 2.62. The predicted octanol–water partition coefficient (Wildman–Crippen LogP) is 1.87. The molecule has 2 fully saturated rings. The lowest BCUT2D eigenvalue weighted by molar-refractivity contribution is -0.179. The Kier molecular flexibility index (Phi) is 3.56. The standard InChI is InChI=1S/C11H18O3/c1-2-9(7-10-8-13-10)14-11-5-3-4-6-12-11/h2,9-11H,1,3-8H2/t9-,10+,11?/m1/s1. The zero-order valence-corrected chi connectivity index (χ0v) is 8.48. The lowest BCUT2D eigenvalue weighted by Crippen LogP contribution is -2.27. The van der Waals surface area contributed by atoms with Crippen LogP contribution in [0.5, 0.6) is 0 Å². The Labute approximate surface area is 85.0 Å². The zero-order chi connectivity index (χ0) is 9.80. The summed E-state index contributed by atoms with van der Waals surface area (Å²) in [4.78, 5) is 0. The summed E-state index contributed by atoms with van der Waals surface area (Å²) in [6, 6.07) is 0. The minimum atomic E-state index is -0.0227. The van der Waals surface area contributed by atoms with Crippen molar-refractivity contribution in [1.82, 2.24) is 0 Å². The molecular weight excluding hydrogens is 180 g/mol. The molecule has 0 radical (unpaired) electrons. The number of hydrogen-bond donors (Lipinski definition) is 0. The first kappa shape index (κ1) is 10.1. The Hall–Kier alpha value is -0.380. The van der Waals surface area contributed by atoms with Crippen LogP contribution in [0.3, 0.4) is 0 Å². The Bertz CT molecular complexity index is 183. The van der Waals surface area contributed by atoms with Gasteiger partial charge in [0.15, 0.2) is 6.29 Å². The maximum Gasteiger partial charge on any atom is 0.158 e. The molecule has 2 saturated heterocycles. The Morgan fingerprint density at radius 3 is 2.86 bits per heavy atom. The Morgan fingerprint density at radius 2 is 2.29 bits per heavy atom. The van der Waals surface area contributed by atoms with Crippen molar-refractivity contribution in [3.05, 3.63) is 12.7 Å². The third-order valence-corrected chi connectivity index (χ3v) is 2.62. The fraction of sp³-hybridized carbons (Fsp3) is 0.818. The molecule has 0 aromatic rings. The third kappa shape index (κ3) is 3.08. The van der Waals surface area contributed by atoms with Crippen molar-refractivity contribution in [2.24, 2.45) is 0 Å². The number of hydrogen-bond acceptors (Lipinski definition) is 3. The van der Waals surface area contributed by atoms with Gasteiger partial charge >= 0.3 is 0 Å². The Balaban J connectivity index is 1.71. The molecule has 1 unspecified atom stereocenters. The largest absolute Gasteiger partial charge is 0.373 e. The second-order valence-corrected chi connectivity index (χ2v) is 3.90. The van der Waals surface area contributed by atoms with E-state index >= 15 is 0 Å². The minimum Gasteiger partial charge on any atom is -0.373 e. The first-order valence-corrected chi connectivity index (χ1v) is 5.39. The van der Waals surface area contributed by atoms with Gasteiger partial charge in [-0.2, -0.15) is 0 Å². The summed E-state index contributed by atoms with van der Waals surface area (Å²) in [7, 11) is 0. The van der Waals surface area contributed by atoms with E-state index in [9.17, 15) is 0 Å². The van der Waals surface area contributed by atoms with Gasteiger partial charge in [0.25, 0.3) is 0 Å². The van der Waals surface area contributed by atoms with E-state index in [4.69, 9.17) is 14.2 Å². The lowest BCUT2D eigenvalue weighted by atomic mass is 10.2. The van der Waals surface area contributed by atoms with Crippen LogP contribution in [0.1, 0.15) is 25.7 Å². The van der Waals surface area contributed by atoms with E-state index in [0.717, 1.165) is 32.5 Å². The summed E-state index contributed by atoms with van der Waals surface area (Å²) in [5.41, 5.74) is 0. The smallest absolute Gasteiger partial charge is 0.158 e. The van der Waals surface area contributed by atoms with Gasteiger partial charge in [-0.3, -0.25) is 0 Å². The minimum absolute atomic E-state index is 0.0227. The molecule has 0 N–H and O–H groups in total. The molecule has 2 aliphatic rings. The number of rotatable bonds is 5. The van der Waals surface area contributed by atoms with Crippen LogP contribution in [0, 0.1) is 0 Å². The van der Waals surface area contributed by atoms with Crippen molar-refractivity contribution in [2.75, 3.05) is 13.2 Å². The molecule has 3 nitrogen and oxygen atoms in total. The average Bonchev–Trinajstić information content (AvgIpc) is 3.02. The highest BCUT2D eigenvalue weighted by Crippen LogP contribution is 2.22. The van der Waals surface area contributed by atoms with Gasteiger partial charge in [-0.05, 0) is 19.3 Å². The van der Waals surface area contributed by atoms with Crippen LogP contribution in [0.4, 0.5) is 0 Å². The van der Waals surface area contributed by atoms with Crippen LogP contribution in [-0.2, 0) is 14.2 Å². The van der Waals surface area contributed by atoms with Gasteiger partial charge in [0.2, 0.25) is 0 Å². The van der Waals surface area contributed by atoms with Crippen LogP contribution in [0.25, 0.3) is 0 Å². The highest BCUT2D eigenvalue weighted by Gasteiger charge is 2.27. The van der Waals surface area contributed by atoms with E-state index in [-0.39, 0.29) is 12.4 Å². The van der Waals surface area contributed by atoms with Crippen LogP contribution < -0.4 is 0 Å². The van der Waals surface area contributed by atoms with Gasteiger partial charge in [0.05, 0.1) is 18.8 Å². The Morgan fingerprint density at radius 1 is 1.43 bits per heavy atom. The molecule has 0 saturated carbocycles. The van der Waals surface area contributed by atoms with Gasteiger partial charge in [-0.15, -0.1) is 6.58 Å². The molecule has 3 heteroatoms. The molecule has 0 bridgehead atoms. The normalized spacial score (nSPS) is 33.7. The average molecular weight is 198 g/mol. The molecule has 2 aliphatic heterocycles. The van der Waals surface area contributed by atoms with Crippen LogP contribution in [0.2, 0.25) is 0 Å². The second-order valence-electron chi connectivity index (χ2n) is 3.90. The zero-order valence-electron chi connectivity index (χ0n) is 8.48. The molecule has 0 aromatic heterocycles. The molecule has 2 rings (SSSR count). The topological polar surface area (TPSA) is 31.0 Å². The van der Waals surface area contributed by atoms with Crippen molar-refractivity contribution in [3.63, 3.8) is 0 Å². The summed E-state index contributed by atoms with van der Waals surface area (Å²) in [5, 5.41) is 0. The van der Waals surface area contributed by atoms with Gasteiger partial charge in [-0.1, -0.05) is 6.08 Å².